The summed E-state index contributed by atoms with van der Waals surface area (Å²) in [5.74, 6) is 0.733. The minimum Gasteiger partial charge on any atom is -0.461 e. The molecule has 7 nitrogen and oxygen atoms in total. The Hall–Kier alpha value is -2.41. The van der Waals surface area contributed by atoms with Crippen LogP contribution in [0.5, 0.6) is 0 Å². The number of nitrogens with zero attached hydrogens (tertiary/aromatic N) is 3. The Morgan fingerprint density at radius 3 is 3.04 bits per heavy atom. The Morgan fingerprint density at radius 2 is 2.39 bits per heavy atom. The van der Waals surface area contributed by atoms with Gasteiger partial charge in [-0.3, -0.25) is 14.9 Å². The summed E-state index contributed by atoms with van der Waals surface area (Å²) in [7, 11) is 0. The number of Topliss-reactive ketones (excluding diaryl/α,β-unsaturated/α-hetero) is 1. The monoisotopic (exact) mass is 335 g/mol. The van der Waals surface area contributed by atoms with Crippen molar-refractivity contribution in [3.63, 3.8) is 0 Å². The topological polar surface area (TPSA) is 89.5 Å². The summed E-state index contributed by atoms with van der Waals surface area (Å²) in [5.41, 5.74) is -0.152. The largest absolute Gasteiger partial charge is 0.461 e. The van der Waals surface area contributed by atoms with Gasteiger partial charge in [0.15, 0.2) is 11.5 Å². The second-order valence-corrected chi connectivity index (χ2v) is 5.76. The van der Waals surface area contributed by atoms with Gasteiger partial charge in [0.25, 0.3) is 5.69 Å². The van der Waals surface area contributed by atoms with Crippen molar-refractivity contribution >= 4 is 28.9 Å². The highest BCUT2D eigenvalue weighted by Crippen LogP contribution is 2.33. The van der Waals surface area contributed by atoms with E-state index in [-0.39, 0.29) is 22.5 Å². The van der Waals surface area contributed by atoms with E-state index in [2.05, 4.69) is 4.98 Å². The lowest BCUT2D eigenvalue weighted by Gasteiger charge is -2.25. The van der Waals surface area contributed by atoms with E-state index in [1.807, 2.05) is 4.90 Å². The number of carbonyl (C=O) groups excluding carboxylic acids is 1. The zero-order valence-electron chi connectivity index (χ0n) is 12.1. The van der Waals surface area contributed by atoms with E-state index in [0.717, 1.165) is 12.8 Å². The molecular weight excluding hydrogens is 322 g/mol. The van der Waals surface area contributed by atoms with Gasteiger partial charge in [-0.25, -0.2) is 4.98 Å². The van der Waals surface area contributed by atoms with Gasteiger partial charge in [0, 0.05) is 25.1 Å². The molecule has 2 aromatic heterocycles. The molecule has 0 spiro atoms. The van der Waals surface area contributed by atoms with Gasteiger partial charge in [-0.1, -0.05) is 11.6 Å². The first-order valence-corrected chi connectivity index (χ1v) is 7.57. The molecule has 0 unspecified atom stereocenters. The standard InChI is InChI=1S/C15H14ClN3O4/c16-12-7-11(19(21)22)9-17-15(12)18-5-1-3-10(18)8-13(20)14-4-2-6-23-14/h2,4,6-7,9-10H,1,3,5,8H2/t10-/m0/s1. The molecule has 0 radical (unpaired) electrons. The summed E-state index contributed by atoms with van der Waals surface area (Å²) < 4.78 is 5.13. The number of anilines is 1. The van der Waals surface area contributed by atoms with Crippen molar-refractivity contribution in [2.75, 3.05) is 11.4 Å². The van der Waals surface area contributed by atoms with Crippen molar-refractivity contribution in [1.82, 2.24) is 4.98 Å². The Kier molecular flexibility index (Phi) is 4.29. The van der Waals surface area contributed by atoms with Crippen LogP contribution in [0.2, 0.25) is 5.02 Å². The third kappa shape index (κ3) is 3.19. The van der Waals surface area contributed by atoms with E-state index in [1.54, 1.807) is 12.1 Å². The average Bonchev–Trinajstić information content (AvgIpc) is 3.18. The molecule has 2 aromatic rings. The highest BCUT2D eigenvalue weighted by atomic mass is 35.5. The van der Waals surface area contributed by atoms with Crippen molar-refractivity contribution < 1.29 is 14.1 Å². The fourth-order valence-corrected chi connectivity index (χ4v) is 3.08. The van der Waals surface area contributed by atoms with Crippen LogP contribution in [-0.2, 0) is 0 Å². The summed E-state index contributed by atoms with van der Waals surface area (Å²) in [6, 6.07) is 4.56. The van der Waals surface area contributed by atoms with Gasteiger partial charge in [-0.15, -0.1) is 0 Å². The molecule has 1 aliphatic rings. The van der Waals surface area contributed by atoms with E-state index in [9.17, 15) is 14.9 Å². The van der Waals surface area contributed by atoms with Crippen molar-refractivity contribution in [3.05, 3.63) is 51.6 Å². The summed E-state index contributed by atoms with van der Waals surface area (Å²) >= 11 is 6.14. The minimum atomic E-state index is -0.537. The predicted molar refractivity (Wildman–Crippen MR) is 83.9 cm³/mol. The molecule has 1 atom stereocenters. The van der Waals surface area contributed by atoms with Crippen LogP contribution in [0.1, 0.15) is 29.8 Å². The lowest BCUT2D eigenvalue weighted by molar-refractivity contribution is -0.385. The van der Waals surface area contributed by atoms with E-state index < -0.39 is 4.92 Å². The Bertz CT molecular complexity index is 732. The van der Waals surface area contributed by atoms with Crippen LogP contribution in [0.15, 0.2) is 35.1 Å². The van der Waals surface area contributed by atoms with Gasteiger partial charge in [0.1, 0.15) is 12.0 Å². The van der Waals surface area contributed by atoms with Crippen LogP contribution < -0.4 is 4.90 Å². The maximum atomic E-state index is 12.2. The highest BCUT2D eigenvalue weighted by molar-refractivity contribution is 6.33. The van der Waals surface area contributed by atoms with Crippen molar-refractivity contribution in [1.29, 1.82) is 0 Å². The molecule has 0 aliphatic carbocycles. The molecule has 0 saturated carbocycles. The zero-order chi connectivity index (χ0) is 16.4. The first kappa shape index (κ1) is 15.5. The molecule has 1 fully saturated rings. The maximum absolute atomic E-state index is 12.2. The number of pyridine rings is 1. The highest BCUT2D eigenvalue weighted by Gasteiger charge is 2.30. The first-order chi connectivity index (χ1) is 11.1. The Labute approximate surface area is 137 Å². The number of rotatable bonds is 5. The molecule has 3 heterocycles. The van der Waals surface area contributed by atoms with E-state index >= 15 is 0 Å². The molecule has 8 heteroatoms. The number of aromatic nitrogens is 1. The molecule has 1 aliphatic heterocycles. The Balaban J connectivity index is 1.79. The average molecular weight is 336 g/mol. The zero-order valence-corrected chi connectivity index (χ0v) is 12.9. The van der Waals surface area contributed by atoms with E-state index in [0.29, 0.717) is 24.5 Å². The number of halogens is 1. The van der Waals surface area contributed by atoms with E-state index in [4.69, 9.17) is 16.0 Å². The summed E-state index contributed by atoms with van der Waals surface area (Å²) in [6.45, 7) is 0.709. The van der Waals surface area contributed by atoms with Crippen molar-refractivity contribution in [3.8, 4) is 0 Å². The van der Waals surface area contributed by atoms with Crippen molar-refractivity contribution in [2.45, 2.75) is 25.3 Å². The van der Waals surface area contributed by atoms with Gasteiger partial charge in [0.05, 0.1) is 16.2 Å². The normalized spacial score (nSPS) is 17.4. The number of nitro groups is 1. The number of hydrogen-bond acceptors (Lipinski definition) is 6. The quantitative estimate of drug-likeness (QED) is 0.472. The van der Waals surface area contributed by atoms with Crippen LogP contribution in [0.25, 0.3) is 0 Å². The predicted octanol–water partition coefficient (Wildman–Crippen LogP) is 3.48. The summed E-state index contributed by atoms with van der Waals surface area (Å²) in [4.78, 5) is 28.5. The molecular formula is C15H14ClN3O4. The van der Waals surface area contributed by atoms with Crippen LogP contribution in [0.3, 0.4) is 0 Å². The van der Waals surface area contributed by atoms with Gasteiger partial charge in [-0.05, 0) is 25.0 Å². The third-order valence-corrected chi connectivity index (χ3v) is 4.16. The lowest BCUT2D eigenvalue weighted by atomic mass is 10.1. The molecule has 0 bridgehead atoms. The molecule has 0 amide bonds. The summed E-state index contributed by atoms with van der Waals surface area (Å²) in [6.07, 6.45) is 4.69. The van der Waals surface area contributed by atoms with Crippen LogP contribution >= 0.6 is 11.6 Å². The lowest BCUT2D eigenvalue weighted by Crippen LogP contribution is -2.32. The van der Waals surface area contributed by atoms with Gasteiger partial charge >= 0.3 is 0 Å². The second kappa shape index (κ2) is 6.37. The van der Waals surface area contributed by atoms with Crippen LogP contribution in [-0.4, -0.2) is 28.3 Å². The Morgan fingerprint density at radius 1 is 1.57 bits per heavy atom. The fraction of sp³-hybridized carbons (Fsp3) is 0.333. The number of carbonyl (C=O) groups is 1. The molecule has 0 N–H and O–H groups in total. The molecule has 3 rings (SSSR count). The van der Waals surface area contributed by atoms with Gasteiger partial charge < -0.3 is 9.32 Å². The van der Waals surface area contributed by atoms with Gasteiger partial charge in [0.2, 0.25) is 0 Å². The number of hydrogen-bond donors (Lipinski definition) is 0. The molecule has 1 saturated heterocycles. The number of ketones is 1. The second-order valence-electron chi connectivity index (χ2n) is 5.35. The number of furan rings is 1. The molecule has 0 aromatic carbocycles. The molecule has 120 valence electrons. The first-order valence-electron chi connectivity index (χ1n) is 7.19. The third-order valence-electron chi connectivity index (χ3n) is 3.88. The van der Waals surface area contributed by atoms with Gasteiger partial charge in [-0.2, -0.15) is 0 Å². The SMILES string of the molecule is O=C(C[C@@H]1CCCN1c1ncc([N+](=O)[O-])cc1Cl)c1ccco1. The molecule has 23 heavy (non-hydrogen) atoms. The van der Waals surface area contributed by atoms with E-state index in [1.165, 1.54) is 18.5 Å². The fourth-order valence-electron chi connectivity index (χ4n) is 2.81. The summed E-state index contributed by atoms with van der Waals surface area (Å²) in [5, 5.41) is 11.0. The van der Waals surface area contributed by atoms with Crippen molar-refractivity contribution in [2.24, 2.45) is 0 Å². The maximum Gasteiger partial charge on any atom is 0.289 e. The van der Waals surface area contributed by atoms with Crippen LogP contribution in [0.4, 0.5) is 11.5 Å². The van der Waals surface area contributed by atoms with Crippen LogP contribution in [0, 0.1) is 10.1 Å². The minimum absolute atomic E-state index is 0.0425. The smallest absolute Gasteiger partial charge is 0.289 e.